The monoisotopic (exact) mass is 452 g/mol. The van der Waals surface area contributed by atoms with E-state index in [2.05, 4.69) is 10.3 Å². The van der Waals surface area contributed by atoms with Crippen LogP contribution in [-0.4, -0.2) is 30.9 Å². The van der Waals surface area contributed by atoms with Crippen molar-refractivity contribution in [1.82, 2.24) is 14.9 Å². The number of sulfonamides is 1. The molecule has 2 aromatic heterocycles. The standard InChI is InChI=1S/C22H20N4O3S2/c1-25(31(28,29)21-7-4-14-30-21)19-10-8-17(9-11-19)22(27)24-15-18-5-2-3-6-20(18)26-13-12-23-16-26/h2-14,16H,15H2,1H3,(H,24,27). The van der Waals surface area contributed by atoms with Gasteiger partial charge in [-0.15, -0.1) is 11.3 Å². The van der Waals surface area contributed by atoms with Crippen LogP contribution in [0.1, 0.15) is 15.9 Å². The van der Waals surface area contributed by atoms with Gasteiger partial charge in [0, 0.05) is 31.5 Å². The number of hydrogen-bond acceptors (Lipinski definition) is 5. The molecule has 0 saturated heterocycles. The first-order valence-electron chi connectivity index (χ1n) is 9.44. The molecule has 1 N–H and O–H groups in total. The third kappa shape index (κ3) is 4.37. The number of carbonyl (C=O) groups excluding carboxylic acids is 1. The summed E-state index contributed by atoms with van der Waals surface area (Å²) >= 11 is 1.17. The van der Waals surface area contributed by atoms with E-state index in [0.717, 1.165) is 11.3 Å². The number of nitrogens with one attached hydrogen (secondary N) is 1. The van der Waals surface area contributed by atoms with Crippen LogP contribution in [0.15, 0.2) is 89.0 Å². The molecule has 9 heteroatoms. The van der Waals surface area contributed by atoms with Crippen molar-refractivity contribution >= 4 is 33.0 Å². The Morgan fingerprint density at radius 1 is 1.10 bits per heavy atom. The van der Waals surface area contributed by atoms with E-state index in [1.807, 2.05) is 35.0 Å². The Labute approximate surface area is 184 Å². The van der Waals surface area contributed by atoms with Crippen LogP contribution < -0.4 is 9.62 Å². The Morgan fingerprint density at radius 2 is 1.87 bits per heavy atom. The second-order valence-electron chi connectivity index (χ2n) is 6.73. The number of amides is 1. The van der Waals surface area contributed by atoms with E-state index in [1.54, 1.807) is 54.3 Å². The zero-order valence-electron chi connectivity index (χ0n) is 16.7. The molecular weight excluding hydrogens is 432 g/mol. The number of thiophene rings is 1. The predicted molar refractivity (Wildman–Crippen MR) is 121 cm³/mol. The third-order valence-electron chi connectivity index (χ3n) is 4.82. The fourth-order valence-electron chi connectivity index (χ4n) is 3.10. The van der Waals surface area contributed by atoms with Crippen LogP contribution in [0.5, 0.6) is 0 Å². The van der Waals surface area contributed by atoms with Gasteiger partial charge in [-0.2, -0.15) is 0 Å². The molecule has 0 aliphatic heterocycles. The molecule has 158 valence electrons. The number of rotatable bonds is 7. The van der Waals surface area contributed by atoms with Crippen LogP contribution >= 0.6 is 11.3 Å². The van der Waals surface area contributed by atoms with Crippen molar-refractivity contribution in [3.05, 3.63) is 95.9 Å². The van der Waals surface area contributed by atoms with Gasteiger partial charge in [0.05, 0.1) is 17.7 Å². The van der Waals surface area contributed by atoms with Gasteiger partial charge in [0.25, 0.3) is 15.9 Å². The number of benzene rings is 2. The van der Waals surface area contributed by atoms with Gasteiger partial charge in [-0.25, -0.2) is 13.4 Å². The zero-order chi connectivity index (χ0) is 21.8. The molecule has 2 heterocycles. The zero-order valence-corrected chi connectivity index (χ0v) is 18.3. The summed E-state index contributed by atoms with van der Waals surface area (Å²) in [5, 5.41) is 4.64. The Balaban J connectivity index is 1.45. The van der Waals surface area contributed by atoms with Gasteiger partial charge < -0.3 is 9.88 Å². The Bertz CT molecular complexity index is 1270. The second-order valence-corrected chi connectivity index (χ2v) is 9.88. The van der Waals surface area contributed by atoms with Gasteiger partial charge in [0.2, 0.25) is 0 Å². The minimum Gasteiger partial charge on any atom is -0.348 e. The van der Waals surface area contributed by atoms with Crippen LogP contribution in [0.25, 0.3) is 5.69 Å². The van der Waals surface area contributed by atoms with Gasteiger partial charge in [-0.3, -0.25) is 9.10 Å². The van der Waals surface area contributed by atoms with E-state index in [-0.39, 0.29) is 10.1 Å². The summed E-state index contributed by atoms with van der Waals surface area (Å²) in [5.74, 6) is -0.240. The average molecular weight is 453 g/mol. The molecule has 0 radical (unpaired) electrons. The lowest BCUT2D eigenvalue weighted by atomic mass is 10.1. The predicted octanol–water partition coefficient (Wildman–Crippen LogP) is 3.69. The van der Waals surface area contributed by atoms with E-state index >= 15 is 0 Å². The lowest BCUT2D eigenvalue weighted by Crippen LogP contribution is -2.26. The summed E-state index contributed by atoms with van der Waals surface area (Å²) < 4.78 is 28.7. The first-order valence-corrected chi connectivity index (χ1v) is 11.8. The molecule has 0 aliphatic rings. The maximum atomic E-state index is 12.7. The molecule has 0 spiro atoms. The maximum absolute atomic E-state index is 12.7. The highest BCUT2D eigenvalue weighted by atomic mass is 32.2. The fourth-order valence-corrected chi connectivity index (χ4v) is 5.45. The first kappa shape index (κ1) is 20.8. The number of carbonyl (C=O) groups is 1. The Hall–Kier alpha value is -3.43. The molecule has 0 unspecified atom stereocenters. The fraction of sp³-hybridized carbons (Fsp3) is 0.0909. The number of nitrogens with zero attached hydrogens (tertiary/aromatic N) is 3. The van der Waals surface area contributed by atoms with Gasteiger partial charge in [-0.1, -0.05) is 24.3 Å². The highest BCUT2D eigenvalue weighted by molar-refractivity contribution is 7.94. The molecule has 4 aromatic rings. The molecule has 0 atom stereocenters. The Kier molecular flexibility index (Phi) is 5.88. The quantitative estimate of drug-likeness (QED) is 0.464. The molecule has 0 bridgehead atoms. The van der Waals surface area contributed by atoms with Gasteiger partial charge >= 0.3 is 0 Å². The lowest BCUT2D eigenvalue weighted by Gasteiger charge is -2.18. The summed E-state index contributed by atoms with van der Waals surface area (Å²) in [7, 11) is -2.11. The maximum Gasteiger partial charge on any atom is 0.273 e. The van der Waals surface area contributed by atoms with Crippen LogP contribution in [-0.2, 0) is 16.6 Å². The van der Waals surface area contributed by atoms with E-state index < -0.39 is 10.0 Å². The molecular formula is C22H20N4O3S2. The van der Waals surface area contributed by atoms with Crippen LogP contribution in [0.3, 0.4) is 0 Å². The van der Waals surface area contributed by atoms with Crippen LogP contribution in [0.4, 0.5) is 5.69 Å². The average Bonchev–Trinajstić information content (AvgIpc) is 3.52. The summed E-state index contributed by atoms with van der Waals surface area (Å²) in [6, 6.07) is 17.5. The number of imidazole rings is 1. The summed E-state index contributed by atoms with van der Waals surface area (Å²) in [5.41, 5.74) is 2.82. The lowest BCUT2D eigenvalue weighted by molar-refractivity contribution is 0.0951. The minimum atomic E-state index is -3.61. The van der Waals surface area contributed by atoms with E-state index in [4.69, 9.17) is 0 Å². The molecule has 2 aromatic carbocycles. The van der Waals surface area contributed by atoms with Crippen molar-refractivity contribution in [1.29, 1.82) is 0 Å². The van der Waals surface area contributed by atoms with Crippen molar-refractivity contribution in [2.24, 2.45) is 0 Å². The van der Waals surface area contributed by atoms with Gasteiger partial charge in [0.1, 0.15) is 4.21 Å². The topological polar surface area (TPSA) is 84.3 Å². The third-order valence-corrected chi connectivity index (χ3v) is 7.98. The summed E-state index contributed by atoms with van der Waals surface area (Å²) in [6.07, 6.45) is 5.26. The van der Waals surface area contributed by atoms with Crippen LogP contribution in [0, 0.1) is 0 Å². The SMILES string of the molecule is CN(c1ccc(C(=O)NCc2ccccc2-n2ccnc2)cc1)S(=O)(=O)c1cccs1. The highest BCUT2D eigenvalue weighted by Crippen LogP contribution is 2.25. The molecule has 7 nitrogen and oxygen atoms in total. The minimum absolute atomic E-state index is 0.240. The van der Waals surface area contributed by atoms with Gasteiger partial charge in [-0.05, 0) is 47.3 Å². The molecule has 0 aliphatic carbocycles. The Morgan fingerprint density at radius 3 is 2.55 bits per heavy atom. The van der Waals surface area contributed by atoms with E-state index in [1.165, 1.54) is 22.7 Å². The van der Waals surface area contributed by atoms with Crippen molar-refractivity contribution in [3.8, 4) is 5.69 Å². The molecule has 0 saturated carbocycles. The van der Waals surface area contributed by atoms with Crippen molar-refractivity contribution in [2.45, 2.75) is 10.8 Å². The molecule has 31 heavy (non-hydrogen) atoms. The molecule has 4 rings (SSSR count). The normalized spacial score (nSPS) is 11.3. The molecule has 1 amide bonds. The largest absolute Gasteiger partial charge is 0.348 e. The summed E-state index contributed by atoms with van der Waals surface area (Å²) in [6.45, 7) is 0.349. The van der Waals surface area contributed by atoms with Crippen LogP contribution in [0.2, 0.25) is 0 Å². The highest BCUT2D eigenvalue weighted by Gasteiger charge is 2.22. The number of hydrogen-bond donors (Lipinski definition) is 1. The van der Waals surface area contributed by atoms with E-state index in [0.29, 0.717) is 17.8 Å². The molecule has 0 fully saturated rings. The summed E-state index contributed by atoms with van der Waals surface area (Å²) in [4.78, 5) is 16.7. The van der Waals surface area contributed by atoms with Crippen molar-refractivity contribution < 1.29 is 13.2 Å². The van der Waals surface area contributed by atoms with Crippen molar-refractivity contribution in [2.75, 3.05) is 11.4 Å². The first-order chi connectivity index (χ1) is 15.0. The smallest absolute Gasteiger partial charge is 0.273 e. The van der Waals surface area contributed by atoms with Crippen molar-refractivity contribution in [3.63, 3.8) is 0 Å². The second kappa shape index (κ2) is 8.75. The van der Waals surface area contributed by atoms with E-state index in [9.17, 15) is 13.2 Å². The number of anilines is 1. The number of para-hydroxylation sites is 1. The van der Waals surface area contributed by atoms with Gasteiger partial charge in [0.15, 0.2) is 0 Å². The number of aromatic nitrogens is 2.